The number of rotatable bonds is 8. The summed E-state index contributed by atoms with van der Waals surface area (Å²) in [5.41, 5.74) is 0. The molecule has 0 radical (unpaired) electrons. The quantitative estimate of drug-likeness (QED) is 0.655. The number of nitrogens with zero attached hydrogens (tertiary/aromatic N) is 1. The van der Waals surface area contributed by atoms with Crippen LogP contribution in [-0.4, -0.2) is 54.4 Å². The van der Waals surface area contributed by atoms with Crippen molar-refractivity contribution in [1.29, 1.82) is 0 Å². The average Bonchev–Trinajstić information content (AvgIpc) is 2.80. The number of hydrogen-bond acceptors (Lipinski definition) is 3. The van der Waals surface area contributed by atoms with Gasteiger partial charge in [-0.05, 0) is 19.3 Å². The molecule has 19 heavy (non-hydrogen) atoms. The van der Waals surface area contributed by atoms with E-state index in [0.29, 0.717) is 19.7 Å². The van der Waals surface area contributed by atoms with Gasteiger partial charge in [0.05, 0.1) is 13.0 Å². The maximum atomic E-state index is 11.9. The van der Waals surface area contributed by atoms with Crippen molar-refractivity contribution < 1.29 is 19.4 Å². The Kier molecular flexibility index (Phi) is 7.25. The minimum absolute atomic E-state index is 0.0282. The first-order valence-electron chi connectivity index (χ1n) is 6.99. The summed E-state index contributed by atoms with van der Waals surface area (Å²) in [6.45, 7) is 4.43. The minimum atomic E-state index is -0.854. The Morgan fingerprint density at radius 2 is 2.21 bits per heavy atom. The van der Waals surface area contributed by atoms with Crippen LogP contribution in [0.3, 0.4) is 0 Å². The van der Waals surface area contributed by atoms with Crippen LogP contribution in [0.4, 0.5) is 4.79 Å². The maximum absolute atomic E-state index is 11.9. The molecule has 2 amide bonds. The Hall–Kier alpha value is -1.30. The molecule has 0 saturated carbocycles. The molecular formula is C13H24N2O4. The molecule has 0 bridgehead atoms. The number of likely N-dealkylation sites (tertiary alicyclic amines) is 1. The van der Waals surface area contributed by atoms with Gasteiger partial charge in [-0.25, -0.2) is 4.79 Å². The highest BCUT2D eigenvalue weighted by Gasteiger charge is 2.29. The lowest BCUT2D eigenvalue weighted by atomic mass is 10.1. The molecule has 2 N–H and O–H groups in total. The van der Waals surface area contributed by atoms with Crippen LogP contribution in [0, 0.1) is 0 Å². The summed E-state index contributed by atoms with van der Waals surface area (Å²) in [4.78, 5) is 24.2. The van der Waals surface area contributed by atoms with Crippen LogP contribution >= 0.6 is 0 Å². The number of urea groups is 1. The van der Waals surface area contributed by atoms with Gasteiger partial charge in [0.25, 0.3) is 0 Å². The fourth-order valence-electron chi connectivity index (χ4n) is 2.20. The van der Waals surface area contributed by atoms with E-state index in [9.17, 15) is 9.59 Å². The summed E-state index contributed by atoms with van der Waals surface area (Å²) in [5.74, 6) is -0.854. The van der Waals surface area contributed by atoms with E-state index in [1.165, 1.54) is 0 Å². The maximum Gasteiger partial charge on any atom is 0.317 e. The summed E-state index contributed by atoms with van der Waals surface area (Å²) in [5, 5.41) is 11.6. The van der Waals surface area contributed by atoms with Gasteiger partial charge in [0.15, 0.2) is 0 Å². The van der Waals surface area contributed by atoms with E-state index in [1.54, 1.807) is 4.90 Å². The van der Waals surface area contributed by atoms with Gasteiger partial charge in [-0.3, -0.25) is 4.79 Å². The van der Waals surface area contributed by atoms with Crippen molar-refractivity contribution in [3.63, 3.8) is 0 Å². The van der Waals surface area contributed by atoms with E-state index in [4.69, 9.17) is 9.84 Å². The number of carbonyl (C=O) groups excluding carboxylic acids is 1. The SMILES string of the molecule is CCCCOCCNC(=O)N1CCCC1CC(=O)O. The summed E-state index contributed by atoms with van der Waals surface area (Å²) >= 11 is 0. The second-order valence-corrected chi connectivity index (χ2v) is 4.79. The molecule has 6 nitrogen and oxygen atoms in total. The molecule has 1 unspecified atom stereocenters. The van der Waals surface area contributed by atoms with Crippen molar-refractivity contribution in [3.8, 4) is 0 Å². The molecule has 0 aromatic rings. The molecule has 0 aromatic heterocycles. The zero-order chi connectivity index (χ0) is 14.1. The zero-order valence-electron chi connectivity index (χ0n) is 11.6. The average molecular weight is 272 g/mol. The Morgan fingerprint density at radius 3 is 2.89 bits per heavy atom. The van der Waals surface area contributed by atoms with Crippen LogP contribution < -0.4 is 5.32 Å². The monoisotopic (exact) mass is 272 g/mol. The molecule has 0 spiro atoms. The minimum Gasteiger partial charge on any atom is -0.481 e. The van der Waals surface area contributed by atoms with Crippen molar-refractivity contribution in [2.75, 3.05) is 26.3 Å². The van der Waals surface area contributed by atoms with E-state index in [0.717, 1.165) is 32.3 Å². The highest BCUT2D eigenvalue weighted by atomic mass is 16.5. The van der Waals surface area contributed by atoms with Crippen LogP contribution in [0.5, 0.6) is 0 Å². The molecule has 1 saturated heterocycles. The molecule has 0 aromatic carbocycles. The molecule has 1 aliphatic heterocycles. The lowest BCUT2D eigenvalue weighted by Crippen LogP contribution is -2.44. The number of carboxylic acid groups (broad SMARTS) is 1. The van der Waals surface area contributed by atoms with Gasteiger partial charge in [0.2, 0.25) is 0 Å². The van der Waals surface area contributed by atoms with Crippen molar-refractivity contribution in [2.24, 2.45) is 0 Å². The number of aliphatic carboxylic acids is 1. The van der Waals surface area contributed by atoms with E-state index >= 15 is 0 Å². The van der Waals surface area contributed by atoms with Crippen molar-refractivity contribution in [1.82, 2.24) is 10.2 Å². The van der Waals surface area contributed by atoms with Crippen LogP contribution in [0.15, 0.2) is 0 Å². The molecule has 0 aliphatic carbocycles. The highest BCUT2D eigenvalue weighted by molar-refractivity contribution is 5.76. The summed E-state index contributed by atoms with van der Waals surface area (Å²) in [6, 6.07) is -0.346. The molecule has 110 valence electrons. The van der Waals surface area contributed by atoms with Crippen LogP contribution in [0.2, 0.25) is 0 Å². The first-order valence-corrected chi connectivity index (χ1v) is 6.99. The lowest BCUT2D eigenvalue weighted by Gasteiger charge is -2.23. The highest BCUT2D eigenvalue weighted by Crippen LogP contribution is 2.19. The number of nitrogens with one attached hydrogen (secondary N) is 1. The molecular weight excluding hydrogens is 248 g/mol. The Balaban J connectivity index is 2.19. The van der Waals surface area contributed by atoms with Crippen molar-refractivity contribution >= 4 is 12.0 Å². The normalized spacial score (nSPS) is 18.6. The molecule has 1 fully saturated rings. The van der Waals surface area contributed by atoms with Gasteiger partial charge in [-0.1, -0.05) is 13.3 Å². The second-order valence-electron chi connectivity index (χ2n) is 4.79. The van der Waals surface area contributed by atoms with Gasteiger partial charge in [-0.15, -0.1) is 0 Å². The first-order chi connectivity index (χ1) is 9.15. The lowest BCUT2D eigenvalue weighted by molar-refractivity contribution is -0.137. The number of ether oxygens (including phenoxy) is 1. The molecule has 1 heterocycles. The second kappa shape index (κ2) is 8.74. The van der Waals surface area contributed by atoms with Gasteiger partial charge < -0.3 is 20.1 Å². The van der Waals surface area contributed by atoms with E-state index < -0.39 is 5.97 Å². The van der Waals surface area contributed by atoms with Gasteiger partial charge in [0, 0.05) is 25.7 Å². The number of amides is 2. The zero-order valence-corrected chi connectivity index (χ0v) is 11.6. The third-order valence-corrected chi connectivity index (χ3v) is 3.21. The standard InChI is InChI=1S/C13H24N2O4/c1-2-3-8-19-9-6-14-13(18)15-7-4-5-11(15)10-12(16)17/h11H,2-10H2,1H3,(H,14,18)(H,16,17). The first kappa shape index (κ1) is 15.8. The Bertz CT molecular complexity index is 296. The predicted octanol–water partition coefficient (Wildman–Crippen LogP) is 1.45. The third-order valence-electron chi connectivity index (χ3n) is 3.21. The van der Waals surface area contributed by atoms with E-state index in [-0.39, 0.29) is 18.5 Å². The Labute approximate surface area is 114 Å². The van der Waals surface area contributed by atoms with Crippen molar-refractivity contribution in [3.05, 3.63) is 0 Å². The number of carbonyl (C=O) groups is 2. The van der Waals surface area contributed by atoms with E-state index in [2.05, 4.69) is 12.2 Å². The van der Waals surface area contributed by atoms with Gasteiger partial charge in [0.1, 0.15) is 0 Å². The molecule has 1 atom stereocenters. The number of hydrogen-bond donors (Lipinski definition) is 2. The smallest absolute Gasteiger partial charge is 0.317 e. The fourth-order valence-corrected chi connectivity index (χ4v) is 2.20. The molecule has 1 aliphatic rings. The number of carboxylic acids is 1. The summed E-state index contributed by atoms with van der Waals surface area (Å²) in [7, 11) is 0. The van der Waals surface area contributed by atoms with Gasteiger partial charge in [-0.2, -0.15) is 0 Å². The van der Waals surface area contributed by atoms with Gasteiger partial charge >= 0.3 is 12.0 Å². The summed E-state index contributed by atoms with van der Waals surface area (Å²) < 4.78 is 5.35. The third kappa shape index (κ3) is 5.92. The Morgan fingerprint density at radius 1 is 1.42 bits per heavy atom. The number of unbranched alkanes of at least 4 members (excludes halogenated alkanes) is 1. The predicted molar refractivity (Wildman–Crippen MR) is 71.1 cm³/mol. The largest absolute Gasteiger partial charge is 0.481 e. The van der Waals surface area contributed by atoms with Crippen molar-refractivity contribution in [2.45, 2.75) is 45.1 Å². The fraction of sp³-hybridized carbons (Fsp3) is 0.846. The van der Waals surface area contributed by atoms with E-state index in [1.807, 2.05) is 0 Å². The van der Waals surface area contributed by atoms with Crippen LogP contribution in [0.25, 0.3) is 0 Å². The summed E-state index contributed by atoms with van der Waals surface area (Å²) in [6.07, 6.45) is 3.79. The molecule has 6 heteroatoms. The topological polar surface area (TPSA) is 78.9 Å². The van der Waals surface area contributed by atoms with Crippen LogP contribution in [-0.2, 0) is 9.53 Å². The van der Waals surface area contributed by atoms with Crippen LogP contribution in [0.1, 0.15) is 39.0 Å². The molecule has 1 rings (SSSR count).